The van der Waals surface area contributed by atoms with E-state index < -0.39 is 0 Å². The maximum Gasteiger partial charge on any atom is 0.0620 e. The van der Waals surface area contributed by atoms with Crippen molar-refractivity contribution in [2.75, 3.05) is 33.9 Å². The van der Waals surface area contributed by atoms with E-state index in [1.807, 2.05) is 0 Å². The van der Waals surface area contributed by atoms with Crippen LogP contribution >= 0.6 is 0 Å². The molecule has 0 aromatic carbocycles. The molecule has 4 nitrogen and oxygen atoms in total. The zero-order valence-corrected chi connectivity index (χ0v) is 11.7. The van der Waals surface area contributed by atoms with E-state index in [1.165, 1.54) is 0 Å². The third-order valence-corrected chi connectivity index (χ3v) is 3.85. The SMILES string of the molecule is COCC(C(C)C)N1CCC(OC)CC1CN. The fraction of sp³-hybridized carbons (Fsp3) is 1.00. The fourth-order valence-corrected chi connectivity index (χ4v) is 2.76. The lowest BCUT2D eigenvalue weighted by atomic mass is 9.93. The minimum Gasteiger partial charge on any atom is -0.383 e. The Morgan fingerprint density at radius 2 is 2.06 bits per heavy atom. The molecule has 102 valence electrons. The standard InChI is InChI=1S/C13H28N2O2/c1-10(2)13(9-16-3)15-6-5-12(17-4)7-11(15)8-14/h10-13H,5-9,14H2,1-4H3. The third kappa shape index (κ3) is 3.91. The summed E-state index contributed by atoms with van der Waals surface area (Å²) in [5.74, 6) is 0.586. The number of ether oxygens (including phenoxy) is 2. The summed E-state index contributed by atoms with van der Waals surface area (Å²) in [6.07, 6.45) is 2.51. The molecule has 1 saturated heterocycles. The van der Waals surface area contributed by atoms with E-state index in [0.29, 0.717) is 30.7 Å². The number of rotatable bonds is 6. The summed E-state index contributed by atoms with van der Waals surface area (Å²) in [4.78, 5) is 2.52. The summed E-state index contributed by atoms with van der Waals surface area (Å²) in [6, 6.07) is 0.891. The van der Waals surface area contributed by atoms with Gasteiger partial charge in [-0.15, -0.1) is 0 Å². The Morgan fingerprint density at radius 1 is 1.35 bits per heavy atom. The zero-order valence-electron chi connectivity index (χ0n) is 11.7. The molecule has 3 unspecified atom stereocenters. The number of likely N-dealkylation sites (tertiary alicyclic amines) is 1. The number of methoxy groups -OCH3 is 2. The lowest BCUT2D eigenvalue weighted by Gasteiger charge is -2.44. The molecule has 4 heteroatoms. The van der Waals surface area contributed by atoms with E-state index in [4.69, 9.17) is 15.2 Å². The minimum atomic E-state index is 0.371. The van der Waals surface area contributed by atoms with E-state index >= 15 is 0 Å². The van der Waals surface area contributed by atoms with Crippen molar-refractivity contribution in [3.8, 4) is 0 Å². The first-order valence-corrected chi connectivity index (χ1v) is 6.61. The van der Waals surface area contributed by atoms with Crippen molar-refractivity contribution < 1.29 is 9.47 Å². The van der Waals surface area contributed by atoms with E-state index in [-0.39, 0.29) is 0 Å². The van der Waals surface area contributed by atoms with Crippen LogP contribution in [0.3, 0.4) is 0 Å². The van der Waals surface area contributed by atoms with Gasteiger partial charge in [0.1, 0.15) is 0 Å². The van der Waals surface area contributed by atoms with Crippen LogP contribution in [0.25, 0.3) is 0 Å². The molecular weight excluding hydrogens is 216 g/mol. The second-order valence-electron chi connectivity index (χ2n) is 5.28. The van der Waals surface area contributed by atoms with Crippen LogP contribution in [0, 0.1) is 5.92 Å². The van der Waals surface area contributed by atoms with Crippen LogP contribution in [0.1, 0.15) is 26.7 Å². The van der Waals surface area contributed by atoms with Gasteiger partial charge in [-0.25, -0.2) is 0 Å². The smallest absolute Gasteiger partial charge is 0.0620 e. The Kier molecular flexibility index (Phi) is 6.41. The molecule has 0 spiro atoms. The maximum absolute atomic E-state index is 5.91. The third-order valence-electron chi connectivity index (χ3n) is 3.85. The highest BCUT2D eigenvalue weighted by Gasteiger charge is 2.33. The topological polar surface area (TPSA) is 47.7 Å². The molecule has 1 fully saturated rings. The molecule has 3 atom stereocenters. The number of piperidine rings is 1. The molecule has 0 bridgehead atoms. The van der Waals surface area contributed by atoms with Crippen molar-refractivity contribution in [1.29, 1.82) is 0 Å². The first kappa shape index (κ1) is 14.9. The van der Waals surface area contributed by atoms with Gasteiger partial charge in [0.15, 0.2) is 0 Å². The van der Waals surface area contributed by atoms with Crippen LogP contribution < -0.4 is 5.73 Å². The molecule has 0 saturated carbocycles. The van der Waals surface area contributed by atoms with Crippen molar-refractivity contribution in [2.45, 2.75) is 44.9 Å². The summed E-state index contributed by atoms with van der Waals surface area (Å²) in [7, 11) is 3.57. The van der Waals surface area contributed by atoms with Crippen LogP contribution in [0.15, 0.2) is 0 Å². The van der Waals surface area contributed by atoms with Crippen molar-refractivity contribution in [3.05, 3.63) is 0 Å². The number of hydrogen-bond acceptors (Lipinski definition) is 4. The Hall–Kier alpha value is -0.160. The van der Waals surface area contributed by atoms with Crippen LogP contribution in [0.2, 0.25) is 0 Å². The van der Waals surface area contributed by atoms with Gasteiger partial charge in [-0.2, -0.15) is 0 Å². The van der Waals surface area contributed by atoms with Gasteiger partial charge in [0.2, 0.25) is 0 Å². The fourth-order valence-electron chi connectivity index (χ4n) is 2.76. The van der Waals surface area contributed by atoms with Crippen molar-refractivity contribution in [1.82, 2.24) is 4.90 Å². The lowest BCUT2D eigenvalue weighted by Crippen LogP contribution is -2.55. The van der Waals surface area contributed by atoms with Gasteiger partial charge in [0.05, 0.1) is 12.7 Å². The van der Waals surface area contributed by atoms with Gasteiger partial charge in [0.25, 0.3) is 0 Å². The molecule has 2 N–H and O–H groups in total. The Morgan fingerprint density at radius 3 is 2.53 bits per heavy atom. The molecule has 0 aromatic heterocycles. The van der Waals surface area contributed by atoms with Gasteiger partial charge >= 0.3 is 0 Å². The van der Waals surface area contributed by atoms with Crippen LogP contribution in [-0.2, 0) is 9.47 Å². The Balaban J connectivity index is 2.66. The molecule has 1 rings (SSSR count). The molecule has 1 aliphatic heterocycles. The van der Waals surface area contributed by atoms with Gasteiger partial charge < -0.3 is 15.2 Å². The summed E-state index contributed by atoms with van der Waals surface area (Å²) in [5, 5.41) is 0. The predicted octanol–water partition coefficient (Wildman–Crippen LogP) is 1.10. The highest BCUT2D eigenvalue weighted by atomic mass is 16.5. The molecule has 1 aliphatic rings. The Labute approximate surface area is 105 Å². The second kappa shape index (κ2) is 7.31. The normalized spacial score (nSPS) is 28.6. The molecule has 17 heavy (non-hydrogen) atoms. The molecule has 1 heterocycles. The average molecular weight is 244 g/mol. The van der Waals surface area contributed by atoms with E-state index in [1.54, 1.807) is 14.2 Å². The lowest BCUT2D eigenvalue weighted by molar-refractivity contribution is -0.0312. The number of nitrogens with zero attached hydrogens (tertiary/aromatic N) is 1. The van der Waals surface area contributed by atoms with Crippen molar-refractivity contribution >= 4 is 0 Å². The van der Waals surface area contributed by atoms with Crippen LogP contribution in [-0.4, -0.2) is 57.0 Å². The minimum absolute atomic E-state index is 0.371. The highest BCUT2D eigenvalue weighted by Crippen LogP contribution is 2.24. The molecule has 0 aromatic rings. The molecule has 0 amide bonds. The predicted molar refractivity (Wildman–Crippen MR) is 70.1 cm³/mol. The van der Waals surface area contributed by atoms with E-state index in [0.717, 1.165) is 26.0 Å². The second-order valence-corrected chi connectivity index (χ2v) is 5.28. The van der Waals surface area contributed by atoms with Crippen LogP contribution in [0.4, 0.5) is 0 Å². The summed E-state index contributed by atoms with van der Waals surface area (Å²) < 4.78 is 10.8. The van der Waals surface area contributed by atoms with Gasteiger partial charge in [0, 0.05) is 39.4 Å². The molecule has 0 radical (unpaired) electrons. The van der Waals surface area contributed by atoms with Crippen molar-refractivity contribution in [3.63, 3.8) is 0 Å². The summed E-state index contributed by atoms with van der Waals surface area (Å²) in [6.45, 7) is 7.05. The monoisotopic (exact) mass is 244 g/mol. The summed E-state index contributed by atoms with van der Waals surface area (Å²) >= 11 is 0. The quantitative estimate of drug-likeness (QED) is 0.760. The highest BCUT2D eigenvalue weighted by molar-refractivity contribution is 4.88. The first-order chi connectivity index (χ1) is 8.13. The van der Waals surface area contributed by atoms with E-state index in [9.17, 15) is 0 Å². The molecular formula is C13H28N2O2. The van der Waals surface area contributed by atoms with Crippen molar-refractivity contribution in [2.24, 2.45) is 11.7 Å². The number of hydrogen-bond donors (Lipinski definition) is 1. The van der Waals surface area contributed by atoms with E-state index in [2.05, 4.69) is 18.7 Å². The van der Waals surface area contributed by atoms with Gasteiger partial charge in [-0.1, -0.05) is 13.8 Å². The first-order valence-electron chi connectivity index (χ1n) is 6.61. The largest absolute Gasteiger partial charge is 0.383 e. The maximum atomic E-state index is 5.91. The molecule has 0 aliphatic carbocycles. The summed E-state index contributed by atoms with van der Waals surface area (Å²) in [5.41, 5.74) is 5.91. The van der Waals surface area contributed by atoms with Gasteiger partial charge in [-0.05, 0) is 18.8 Å². The zero-order chi connectivity index (χ0) is 12.8. The average Bonchev–Trinajstić information content (AvgIpc) is 2.35. The van der Waals surface area contributed by atoms with Gasteiger partial charge in [-0.3, -0.25) is 4.90 Å². The Bertz CT molecular complexity index is 212. The number of nitrogens with two attached hydrogens (primary N) is 1. The van der Waals surface area contributed by atoms with Crippen LogP contribution in [0.5, 0.6) is 0 Å².